The van der Waals surface area contributed by atoms with Crippen molar-refractivity contribution in [2.75, 3.05) is 0 Å². The number of carbonyl (C=O) groups is 1. The number of fused-ring (bicyclic) bond motifs is 2. The Hall–Kier alpha value is -0.630. The smallest absolute Gasteiger partial charge is 0.138 e. The van der Waals surface area contributed by atoms with Crippen LogP contribution in [0.15, 0.2) is 11.6 Å². The van der Waals surface area contributed by atoms with Crippen LogP contribution in [0.4, 0.5) is 0 Å². The maximum absolute atomic E-state index is 12.9. The number of allylic oxidation sites excluding steroid dienone is 2. The van der Waals surface area contributed by atoms with Crippen molar-refractivity contribution in [2.45, 2.75) is 137 Å². The van der Waals surface area contributed by atoms with Gasteiger partial charge in [-0.3, -0.25) is 4.79 Å². The highest BCUT2D eigenvalue weighted by molar-refractivity contribution is 5.85. The highest BCUT2D eigenvalue weighted by Gasteiger charge is 2.90. The summed E-state index contributed by atoms with van der Waals surface area (Å²) in [5, 5.41) is 0. The van der Waals surface area contributed by atoms with Crippen molar-refractivity contribution in [2.24, 2.45) is 39.4 Å². The van der Waals surface area contributed by atoms with Crippen LogP contribution in [0.1, 0.15) is 126 Å². The van der Waals surface area contributed by atoms with Gasteiger partial charge in [-0.1, -0.05) is 60.1 Å². The van der Waals surface area contributed by atoms with Crippen LogP contribution in [0.3, 0.4) is 0 Å². The fraction of sp³-hybridized carbons (Fsp3) is 0.903. The number of rotatable bonds is 5. The second-order valence-corrected chi connectivity index (χ2v) is 14.3. The van der Waals surface area contributed by atoms with Gasteiger partial charge in [0.05, 0.1) is 0 Å². The molecule has 2 heteroatoms. The van der Waals surface area contributed by atoms with E-state index in [-0.39, 0.29) is 27.4 Å². The summed E-state index contributed by atoms with van der Waals surface area (Å²) in [6.07, 6.45) is 15.6. The lowest BCUT2D eigenvalue weighted by Gasteiger charge is -2.62. The van der Waals surface area contributed by atoms with Crippen LogP contribution in [0, 0.1) is 39.4 Å². The molecule has 0 aromatic heterocycles. The predicted molar refractivity (Wildman–Crippen MR) is 136 cm³/mol. The monoisotopic (exact) mass is 454 g/mol. The predicted octanol–water partition coefficient (Wildman–Crippen LogP) is 8.29. The fourth-order valence-electron chi connectivity index (χ4n) is 10.7. The van der Waals surface area contributed by atoms with E-state index in [1.54, 1.807) is 0 Å². The van der Waals surface area contributed by atoms with Crippen molar-refractivity contribution >= 4 is 5.78 Å². The van der Waals surface area contributed by atoms with Crippen LogP contribution in [0.25, 0.3) is 0 Å². The maximum atomic E-state index is 12.9. The molecule has 33 heavy (non-hydrogen) atoms. The first-order valence-corrected chi connectivity index (χ1v) is 14.2. The molecule has 0 bridgehead atoms. The number of hydrogen-bond donors (Lipinski definition) is 0. The molecule has 5 rings (SSSR count). The van der Waals surface area contributed by atoms with Crippen molar-refractivity contribution in [3.05, 3.63) is 11.6 Å². The molecule has 2 nitrogen and oxygen atoms in total. The molecule has 0 aromatic carbocycles. The summed E-state index contributed by atoms with van der Waals surface area (Å²) in [7, 11) is 0. The van der Waals surface area contributed by atoms with E-state index in [2.05, 4.69) is 61.5 Å². The third-order valence-electron chi connectivity index (χ3n) is 13.2. The molecule has 0 N–H and O–H groups in total. The molecule has 0 aromatic rings. The maximum Gasteiger partial charge on any atom is 0.138 e. The normalized spacial score (nSPS) is 51.3. The lowest BCUT2D eigenvalue weighted by molar-refractivity contribution is -0.154. The summed E-state index contributed by atoms with van der Waals surface area (Å²) >= 11 is 0. The van der Waals surface area contributed by atoms with E-state index in [9.17, 15) is 4.79 Å². The molecule has 1 heterocycles. The Morgan fingerprint density at radius 2 is 1.73 bits per heavy atom. The van der Waals surface area contributed by atoms with E-state index in [4.69, 9.17) is 4.74 Å². The summed E-state index contributed by atoms with van der Waals surface area (Å²) in [5.41, 5.74) is 2.22. The zero-order valence-corrected chi connectivity index (χ0v) is 22.9. The number of Topliss-reactive ketones (excluding diaryl/α,β-unsaturated/α-hetero) is 1. The van der Waals surface area contributed by atoms with E-state index in [0.717, 1.165) is 24.7 Å². The van der Waals surface area contributed by atoms with Crippen molar-refractivity contribution in [1.29, 1.82) is 0 Å². The molecule has 0 radical (unpaired) electrons. The zero-order valence-electron chi connectivity index (χ0n) is 22.9. The average molecular weight is 455 g/mol. The average Bonchev–Trinajstić information content (AvgIpc) is 3.40. The molecule has 3 unspecified atom stereocenters. The van der Waals surface area contributed by atoms with Crippen molar-refractivity contribution in [3.63, 3.8) is 0 Å². The van der Waals surface area contributed by atoms with Gasteiger partial charge in [0.25, 0.3) is 0 Å². The molecule has 1 saturated heterocycles. The van der Waals surface area contributed by atoms with Crippen LogP contribution in [-0.4, -0.2) is 17.0 Å². The minimum Gasteiger partial charge on any atom is -0.361 e. The fourth-order valence-corrected chi connectivity index (χ4v) is 10.7. The lowest BCUT2D eigenvalue weighted by atomic mass is 9.38. The lowest BCUT2D eigenvalue weighted by Crippen LogP contribution is -2.65. The van der Waals surface area contributed by atoms with Crippen LogP contribution >= 0.6 is 0 Å². The zero-order chi connectivity index (χ0) is 24.1. The topological polar surface area (TPSA) is 29.6 Å². The molecule has 4 saturated carbocycles. The van der Waals surface area contributed by atoms with Crippen LogP contribution in [-0.2, 0) is 9.53 Å². The molecule has 0 amide bonds. The minimum atomic E-state index is -0.196. The van der Waals surface area contributed by atoms with Crippen molar-refractivity contribution in [1.82, 2.24) is 0 Å². The standard InChI is InChI=1S/C31H50O2/c1-9-21(2)11-10-12-22(3)23-13-17-29(8)27(23,6)19-20-30-28(7)16-15-25(32)26(4,5)24(28)14-18-31(29,30)33-30/h11,22-24H,9-10,12-20H2,1-8H3/b21-11-/t22-,23-,24?,27-,28+,29-,30?,31?/m1/s1. The third kappa shape index (κ3) is 2.69. The summed E-state index contributed by atoms with van der Waals surface area (Å²) in [4.78, 5) is 12.9. The van der Waals surface area contributed by atoms with Gasteiger partial charge in [-0.2, -0.15) is 0 Å². The second kappa shape index (κ2) is 7.21. The van der Waals surface area contributed by atoms with E-state index in [1.807, 2.05) is 0 Å². The van der Waals surface area contributed by atoms with E-state index in [0.29, 0.717) is 17.1 Å². The molecule has 1 aliphatic heterocycles. The molecule has 0 spiro atoms. The Labute approximate surface area is 203 Å². The van der Waals surface area contributed by atoms with Crippen molar-refractivity contribution < 1.29 is 9.53 Å². The van der Waals surface area contributed by atoms with Gasteiger partial charge in [-0.05, 0) is 94.3 Å². The Bertz CT molecular complexity index is 870. The second-order valence-electron chi connectivity index (χ2n) is 14.3. The van der Waals surface area contributed by atoms with Gasteiger partial charge in [-0.25, -0.2) is 0 Å². The van der Waals surface area contributed by atoms with E-state index < -0.39 is 0 Å². The SMILES string of the molecule is CC/C(C)=C\CC[C@@H](C)[C@H]1CC[C@@]2(C)C34CCC5C(C)(C)C(=O)CC[C@]5(C)C3(CC[C@]12C)O4. The Balaban J connectivity index is 1.43. The first kappa shape index (κ1) is 24.1. The summed E-state index contributed by atoms with van der Waals surface area (Å²) < 4.78 is 7.23. The highest BCUT2D eigenvalue weighted by atomic mass is 16.6. The Kier molecular flexibility index (Phi) is 5.26. The van der Waals surface area contributed by atoms with E-state index >= 15 is 0 Å². The van der Waals surface area contributed by atoms with Gasteiger partial charge in [-0.15, -0.1) is 0 Å². The van der Waals surface area contributed by atoms with E-state index in [1.165, 1.54) is 63.4 Å². The van der Waals surface area contributed by atoms with Gasteiger partial charge in [0.1, 0.15) is 17.0 Å². The van der Waals surface area contributed by atoms with Gasteiger partial charge in [0, 0.05) is 22.7 Å². The Morgan fingerprint density at radius 3 is 2.42 bits per heavy atom. The number of epoxide rings is 1. The van der Waals surface area contributed by atoms with Gasteiger partial charge in [0.2, 0.25) is 0 Å². The molecule has 5 fully saturated rings. The molecular weight excluding hydrogens is 404 g/mol. The van der Waals surface area contributed by atoms with Crippen LogP contribution in [0.2, 0.25) is 0 Å². The van der Waals surface area contributed by atoms with Gasteiger partial charge in [0.15, 0.2) is 0 Å². The minimum absolute atomic E-state index is 0.0221. The molecule has 8 atom stereocenters. The number of hydrogen-bond acceptors (Lipinski definition) is 2. The van der Waals surface area contributed by atoms with Crippen molar-refractivity contribution in [3.8, 4) is 0 Å². The van der Waals surface area contributed by atoms with Crippen LogP contribution < -0.4 is 0 Å². The first-order chi connectivity index (χ1) is 15.4. The Morgan fingerprint density at radius 1 is 1.00 bits per heavy atom. The summed E-state index contributed by atoms with van der Waals surface area (Å²) in [6, 6.07) is 0. The molecule has 5 aliphatic rings. The third-order valence-corrected chi connectivity index (χ3v) is 13.2. The quantitative estimate of drug-likeness (QED) is 0.309. The summed E-state index contributed by atoms with van der Waals surface area (Å²) in [5.74, 6) is 2.55. The summed E-state index contributed by atoms with van der Waals surface area (Å²) in [6.45, 7) is 19.4. The van der Waals surface area contributed by atoms with Gasteiger partial charge < -0.3 is 4.74 Å². The van der Waals surface area contributed by atoms with Gasteiger partial charge >= 0.3 is 0 Å². The largest absolute Gasteiger partial charge is 0.361 e. The molecule has 186 valence electrons. The first-order valence-electron chi connectivity index (χ1n) is 14.2. The molecule has 4 aliphatic carbocycles. The number of carbonyl (C=O) groups excluding carboxylic acids is 1. The number of ether oxygens (including phenoxy) is 1. The highest BCUT2D eigenvalue weighted by Crippen LogP contribution is 2.86. The number of ketones is 1. The van der Waals surface area contributed by atoms with Crippen LogP contribution in [0.5, 0.6) is 0 Å². The molecular formula is C31H50O2.